The quantitative estimate of drug-likeness (QED) is 0.866. The lowest BCUT2D eigenvalue weighted by atomic mass is 9.98. The maximum Gasteiger partial charge on any atom is 0.189 e. The van der Waals surface area contributed by atoms with Gasteiger partial charge in [-0.3, -0.25) is 0 Å². The number of rotatable bonds is 4. The van der Waals surface area contributed by atoms with Crippen molar-refractivity contribution in [3.05, 3.63) is 23.3 Å². The van der Waals surface area contributed by atoms with Crippen molar-refractivity contribution in [3.63, 3.8) is 0 Å². The minimum Gasteiger partial charge on any atom is -0.493 e. The predicted molar refractivity (Wildman–Crippen MR) is 65.2 cm³/mol. The maximum absolute atomic E-state index is 5.65. The number of benzene rings is 1. The predicted octanol–water partition coefficient (Wildman–Crippen LogP) is 1.70. The molecule has 0 bridgehead atoms. The summed E-state index contributed by atoms with van der Waals surface area (Å²) in [6, 6.07) is 4.14. The molecular weight excluding hydrogens is 218 g/mol. The molecule has 4 nitrogen and oxygen atoms in total. The Morgan fingerprint density at radius 3 is 3.00 bits per heavy atom. The van der Waals surface area contributed by atoms with Crippen LogP contribution in [0.4, 0.5) is 0 Å². The molecule has 1 aliphatic rings. The van der Waals surface area contributed by atoms with Gasteiger partial charge < -0.3 is 19.9 Å². The second-order valence-electron chi connectivity index (χ2n) is 4.44. The summed E-state index contributed by atoms with van der Waals surface area (Å²) >= 11 is 0. The van der Waals surface area contributed by atoms with Gasteiger partial charge in [0.15, 0.2) is 18.3 Å². The minimum absolute atomic E-state index is 0.294. The van der Waals surface area contributed by atoms with Crippen molar-refractivity contribution in [2.45, 2.75) is 20.0 Å². The Morgan fingerprint density at radius 1 is 1.47 bits per heavy atom. The highest BCUT2D eigenvalue weighted by Gasteiger charge is 2.17. The molecule has 0 spiro atoms. The zero-order valence-electron chi connectivity index (χ0n) is 10.4. The molecule has 0 saturated heterocycles. The summed E-state index contributed by atoms with van der Waals surface area (Å²) in [6.07, 6.45) is 0.945. The van der Waals surface area contributed by atoms with Crippen LogP contribution in [0.3, 0.4) is 0 Å². The number of nitrogens with two attached hydrogens (primary N) is 1. The van der Waals surface area contributed by atoms with Crippen LogP contribution in [-0.2, 0) is 17.8 Å². The molecule has 1 aromatic rings. The monoisotopic (exact) mass is 237 g/mol. The summed E-state index contributed by atoms with van der Waals surface area (Å²) in [5.74, 6) is 2.05. The Balaban J connectivity index is 2.29. The van der Waals surface area contributed by atoms with E-state index >= 15 is 0 Å². The minimum atomic E-state index is 0.294. The molecule has 1 atom stereocenters. The second kappa shape index (κ2) is 5.38. The summed E-state index contributed by atoms with van der Waals surface area (Å²) in [6.45, 7) is 3.70. The van der Waals surface area contributed by atoms with Crippen LogP contribution in [0.5, 0.6) is 11.5 Å². The van der Waals surface area contributed by atoms with Crippen molar-refractivity contribution in [1.82, 2.24) is 0 Å². The molecule has 0 amide bonds. The van der Waals surface area contributed by atoms with E-state index < -0.39 is 0 Å². The molecule has 1 aromatic carbocycles. The van der Waals surface area contributed by atoms with Crippen LogP contribution in [0, 0.1) is 5.92 Å². The fraction of sp³-hybridized carbons (Fsp3) is 0.538. The SMILES string of the molecule is COc1cc(CC(C)CN)cc2c1OCOC2. The maximum atomic E-state index is 5.65. The second-order valence-corrected chi connectivity index (χ2v) is 4.44. The van der Waals surface area contributed by atoms with E-state index in [1.54, 1.807) is 7.11 Å². The number of fused-ring (bicyclic) bond motifs is 1. The van der Waals surface area contributed by atoms with Crippen LogP contribution in [-0.4, -0.2) is 20.4 Å². The summed E-state index contributed by atoms with van der Waals surface area (Å²) in [4.78, 5) is 0. The first kappa shape index (κ1) is 12.2. The van der Waals surface area contributed by atoms with E-state index in [0.717, 1.165) is 23.5 Å². The summed E-state index contributed by atoms with van der Waals surface area (Å²) in [5.41, 5.74) is 7.91. The normalized spacial score (nSPS) is 15.9. The van der Waals surface area contributed by atoms with E-state index in [-0.39, 0.29) is 0 Å². The topological polar surface area (TPSA) is 53.7 Å². The van der Waals surface area contributed by atoms with Gasteiger partial charge in [-0.05, 0) is 36.6 Å². The first-order valence-corrected chi connectivity index (χ1v) is 5.85. The molecule has 1 aliphatic heterocycles. The molecule has 17 heavy (non-hydrogen) atoms. The Labute approximate surface area is 102 Å². The van der Waals surface area contributed by atoms with Crippen LogP contribution in [0.15, 0.2) is 12.1 Å². The van der Waals surface area contributed by atoms with Gasteiger partial charge in [-0.2, -0.15) is 0 Å². The lowest BCUT2D eigenvalue weighted by Gasteiger charge is -2.21. The molecule has 0 fully saturated rings. The van der Waals surface area contributed by atoms with Crippen molar-refractivity contribution in [3.8, 4) is 11.5 Å². The van der Waals surface area contributed by atoms with Crippen LogP contribution in [0.1, 0.15) is 18.1 Å². The smallest absolute Gasteiger partial charge is 0.189 e. The van der Waals surface area contributed by atoms with Gasteiger partial charge in [0.05, 0.1) is 13.7 Å². The molecule has 0 saturated carbocycles. The van der Waals surface area contributed by atoms with Crippen molar-refractivity contribution < 1.29 is 14.2 Å². The average molecular weight is 237 g/mol. The van der Waals surface area contributed by atoms with Crippen LogP contribution >= 0.6 is 0 Å². The first-order valence-electron chi connectivity index (χ1n) is 5.85. The van der Waals surface area contributed by atoms with Gasteiger partial charge in [0.2, 0.25) is 0 Å². The van der Waals surface area contributed by atoms with E-state index in [1.807, 2.05) is 6.07 Å². The molecule has 1 unspecified atom stereocenters. The highest BCUT2D eigenvalue weighted by Crippen LogP contribution is 2.36. The van der Waals surface area contributed by atoms with Crippen LogP contribution < -0.4 is 15.2 Å². The average Bonchev–Trinajstić information content (AvgIpc) is 2.37. The van der Waals surface area contributed by atoms with Gasteiger partial charge in [-0.25, -0.2) is 0 Å². The third-order valence-corrected chi connectivity index (χ3v) is 2.94. The number of hydrogen-bond donors (Lipinski definition) is 1. The number of ether oxygens (including phenoxy) is 3. The fourth-order valence-corrected chi connectivity index (χ4v) is 2.00. The van der Waals surface area contributed by atoms with Crippen molar-refractivity contribution in [2.75, 3.05) is 20.4 Å². The molecule has 0 aliphatic carbocycles. The Kier molecular flexibility index (Phi) is 3.86. The van der Waals surface area contributed by atoms with Crippen molar-refractivity contribution >= 4 is 0 Å². The van der Waals surface area contributed by atoms with Crippen LogP contribution in [0.2, 0.25) is 0 Å². The Bertz CT molecular complexity index is 375. The molecule has 2 N–H and O–H groups in total. The highest BCUT2D eigenvalue weighted by atomic mass is 16.7. The van der Waals surface area contributed by atoms with Gasteiger partial charge in [0, 0.05) is 5.56 Å². The van der Waals surface area contributed by atoms with Crippen molar-refractivity contribution in [2.24, 2.45) is 11.7 Å². The van der Waals surface area contributed by atoms with Gasteiger partial charge >= 0.3 is 0 Å². The summed E-state index contributed by atoms with van der Waals surface area (Å²) in [7, 11) is 1.66. The van der Waals surface area contributed by atoms with Gasteiger partial charge in [0.1, 0.15) is 0 Å². The zero-order chi connectivity index (χ0) is 12.3. The zero-order valence-corrected chi connectivity index (χ0v) is 10.4. The summed E-state index contributed by atoms with van der Waals surface area (Å²) < 4.78 is 16.1. The molecule has 94 valence electrons. The Morgan fingerprint density at radius 2 is 2.29 bits per heavy atom. The third-order valence-electron chi connectivity index (χ3n) is 2.94. The fourth-order valence-electron chi connectivity index (χ4n) is 2.00. The van der Waals surface area contributed by atoms with Crippen molar-refractivity contribution in [1.29, 1.82) is 0 Å². The van der Waals surface area contributed by atoms with Crippen LogP contribution in [0.25, 0.3) is 0 Å². The first-order chi connectivity index (χ1) is 8.24. The molecule has 2 rings (SSSR count). The van der Waals surface area contributed by atoms with Gasteiger partial charge in [0.25, 0.3) is 0 Å². The molecule has 4 heteroatoms. The van der Waals surface area contributed by atoms with E-state index in [9.17, 15) is 0 Å². The van der Waals surface area contributed by atoms with Gasteiger partial charge in [-0.15, -0.1) is 0 Å². The number of hydrogen-bond acceptors (Lipinski definition) is 4. The van der Waals surface area contributed by atoms with E-state index in [1.165, 1.54) is 5.56 Å². The third kappa shape index (κ3) is 2.70. The molecule has 1 heterocycles. The standard InChI is InChI=1S/C13H19NO3/c1-9(6-14)3-10-4-11-7-16-8-17-13(11)12(5-10)15-2/h4-5,9H,3,6-8,14H2,1-2H3. The van der Waals surface area contributed by atoms with E-state index in [0.29, 0.717) is 25.9 Å². The lowest BCUT2D eigenvalue weighted by molar-refractivity contribution is -0.0180. The van der Waals surface area contributed by atoms with E-state index in [2.05, 4.69) is 13.0 Å². The summed E-state index contributed by atoms with van der Waals surface area (Å²) in [5, 5.41) is 0. The largest absolute Gasteiger partial charge is 0.493 e. The lowest BCUT2D eigenvalue weighted by Crippen LogP contribution is -2.15. The number of methoxy groups -OCH3 is 1. The molecular formula is C13H19NO3. The molecule has 0 radical (unpaired) electrons. The van der Waals surface area contributed by atoms with Gasteiger partial charge in [-0.1, -0.05) is 6.92 Å². The highest BCUT2D eigenvalue weighted by molar-refractivity contribution is 5.49. The van der Waals surface area contributed by atoms with E-state index in [4.69, 9.17) is 19.9 Å². The molecule has 0 aromatic heterocycles. The Hall–Kier alpha value is -1.26.